The molecule has 0 bridgehead atoms. The number of benzene rings is 1. The monoisotopic (exact) mass is 327 g/mol. The van der Waals surface area contributed by atoms with E-state index in [9.17, 15) is 4.79 Å². The molecule has 24 heavy (non-hydrogen) atoms. The number of H-pyrrole nitrogens is 1. The van der Waals surface area contributed by atoms with Crippen molar-refractivity contribution in [1.29, 1.82) is 0 Å². The Bertz CT molecular complexity index is 687. The number of aromatic amines is 1. The van der Waals surface area contributed by atoms with Gasteiger partial charge in [-0.1, -0.05) is 26.0 Å². The Kier molecular flexibility index (Phi) is 5.18. The van der Waals surface area contributed by atoms with Crippen molar-refractivity contribution in [3.05, 3.63) is 41.7 Å². The maximum Gasteiger partial charge on any atom is 0.276 e. The third kappa shape index (κ3) is 4.16. The Morgan fingerprint density at radius 1 is 1.33 bits per heavy atom. The fourth-order valence-electron chi connectivity index (χ4n) is 3.07. The zero-order valence-electron chi connectivity index (χ0n) is 14.3. The van der Waals surface area contributed by atoms with Crippen LogP contribution in [0.1, 0.15) is 55.7 Å². The zero-order chi connectivity index (χ0) is 16.9. The van der Waals surface area contributed by atoms with Gasteiger partial charge >= 0.3 is 0 Å². The first kappa shape index (κ1) is 16.6. The van der Waals surface area contributed by atoms with Gasteiger partial charge in [-0.3, -0.25) is 9.89 Å². The minimum absolute atomic E-state index is 0.219. The number of anilines is 1. The molecule has 3 rings (SSSR count). The molecule has 5 nitrogen and oxygen atoms in total. The first-order valence-electron chi connectivity index (χ1n) is 8.73. The molecular formula is C19H25N3O2. The molecule has 128 valence electrons. The lowest BCUT2D eigenvalue weighted by atomic mass is 10.1. The second kappa shape index (κ2) is 7.51. The Balaban J connectivity index is 1.68. The molecule has 5 heteroatoms. The minimum Gasteiger partial charge on any atom is -0.488 e. The van der Waals surface area contributed by atoms with Crippen LogP contribution in [0.25, 0.3) is 0 Å². The first-order chi connectivity index (χ1) is 11.6. The molecule has 2 aromatic rings. The summed E-state index contributed by atoms with van der Waals surface area (Å²) in [6.45, 7) is 4.27. The lowest BCUT2D eigenvalue weighted by molar-refractivity contribution is 0.102. The van der Waals surface area contributed by atoms with Crippen LogP contribution in [0.3, 0.4) is 0 Å². The molecule has 0 saturated heterocycles. The smallest absolute Gasteiger partial charge is 0.276 e. The van der Waals surface area contributed by atoms with Crippen molar-refractivity contribution in [2.45, 2.75) is 52.1 Å². The van der Waals surface area contributed by atoms with E-state index in [0.29, 0.717) is 17.3 Å². The van der Waals surface area contributed by atoms with Crippen LogP contribution in [0.5, 0.6) is 5.75 Å². The number of para-hydroxylation sites is 2. The standard InChI is InChI=1S/C19H25N3O2/c1-13(2)11-14-12-17(22-21-14)19(23)20-16-9-5-6-10-18(16)24-15-7-3-4-8-15/h5-6,9-10,12-13,15H,3-4,7-8,11H2,1-2H3,(H,20,23)(H,21,22). The molecular weight excluding hydrogens is 302 g/mol. The van der Waals surface area contributed by atoms with Crippen molar-refractivity contribution >= 4 is 11.6 Å². The average Bonchev–Trinajstić information content (AvgIpc) is 3.20. The van der Waals surface area contributed by atoms with Crippen molar-refractivity contribution in [2.75, 3.05) is 5.32 Å². The van der Waals surface area contributed by atoms with E-state index in [-0.39, 0.29) is 12.0 Å². The highest BCUT2D eigenvalue weighted by atomic mass is 16.5. The van der Waals surface area contributed by atoms with E-state index in [1.807, 2.05) is 30.3 Å². The first-order valence-corrected chi connectivity index (χ1v) is 8.73. The molecule has 1 aliphatic rings. The van der Waals surface area contributed by atoms with E-state index < -0.39 is 0 Å². The van der Waals surface area contributed by atoms with Gasteiger partial charge in [0.25, 0.3) is 5.91 Å². The van der Waals surface area contributed by atoms with Gasteiger partial charge in [-0.25, -0.2) is 0 Å². The summed E-state index contributed by atoms with van der Waals surface area (Å²) in [6, 6.07) is 9.41. The van der Waals surface area contributed by atoms with Gasteiger partial charge in [0.15, 0.2) is 5.69 Å². The quantitative estimate of drug-likeness (QED) is 0.836. The number of ether oxygens (including phenoxy) is 1. The maximum absolute atomic E-state index is 12.5. The van der Waals surface area contributed by atoms with Crippen molar-refractivity contribution in [2.24, 2.45) is 5.92 Å². The highest BCUT2D eigenvalue weighted by molar-refractivity contribution is 6.03. The van der Waals surface area contributed by atoms with Crippen LogP contribution in [0, 0.1) is 5.92 Å². The van der Waals surface area contributed by atoms with Crippen LogP contribution in [-0.2, 0) is 6.42 Å². The van der Waals surface area contributed by atoms with Gasteiger partial charge < -0.3 is 10.1 Å². The molecule has 1 aliphatic carbocycles. The molecule has 0 aliphatic heterocycles. The summed E-state index contributed by atoms with van der Waals surface area (Å²) >= 11 is 0. The molecule has 1 amide bonds. The van der Waals surface area contributed by atoms with Gasteiger partial charge in [0.2, 0.25) is 0 Å². The normalized spacial score (nSPS) is 15.0. The number of aromatic nitrogens is 2. The van der Waals surface area contributed by atoms with E-state index in [2.05, 4.69) is 29.4 Å². The highest BCUT2D eigenvalue weighted by Crippen LogP contribution is 2.29. The number of amides is 1. The van der Waals surface area contributed by atoms with Crippen LogP contribution >= 0.6 is 0 Å². The molecule has 1 heterocycles. The topological polar surface area (TPSA) is 67.0 Å². The second-order valence-corrected chi connectivity index (χ2v) is 6.85. The lowest BCUT2D eigenvalue weighted by Gasteiger charge is -2.16. The van der Waals surface area contributed by atoms with Crippen LogP contribution in [0.4, 0.5) is 5.69 Å². The van der Waals surface area contributed by atoms with Gasteiger partial charge in [0.05, 0.1) is 11.8 Å². The second-order valence-electron chi connectivity index (χ2n) is 6.85. The van der Waals surface area contributed by atoms with E-state index in [1.54, 1.807) is 0 Å². The molecule has 1 aromatic carbocycles. The van der Waals surface area contributed by atoms with Gasteiger partial charge in [0.1, 0.15) is 5.75 Å². The van der Waals surface area contributed by atoms with E-state index in [1.165, 1.54) is 12.8 Å². The number of nitrogens with one attached hydrogen (secondary N) is 2. The van der Waals surface area contributed by atoms with Gasteiger partial charge in [0, 0.05) is 5.69 Å². The number of carbonyl (C=O) groups excluding carboxylic acids is 1. The van der Waals surface area contributed by atoms with E-state index >= 15 is 0 Å². The minimum atomic E-state index is -0.219. The van der Waals surface area contributed by atoms with Crippen molar-refractivity contribution in [3.63, 3.8) is 0 Å². The SMILES string of the molecule is CC(C)Cc1cc(C(=O)Nc2ccccc2OC2CCCC2)n[nH]1. The largest absolute Gasteiger partial charge is 0.488 e. The maximum atomic E-state index is 12.5. The number of hydrogen-bond donors (Lipinski definition) is 2. The summed E-state index contributed by atoms with van der Waals surface area (Å²) in [5, 5.41) is 9.98. The van der Waals surface area contributed by atoms with Crippen molar-refractivity contribution in [3.8, 4) is 5.75 Å². The molecule has 0 radical (unpaired) electrons. The van der Waals surface area contributed by atoms with E-state index in [0.717, 1.165) is 30.7 Å². The van der Waals surface area contributed by atoms with Crippen LogP contribution in [0.15, 0.2) is 30.3 Å². The molecule has 0 atom stereocenters. The van der Waals surface area contributed by atoms with Gasteiger partial charge in [-0.2, -0.15) is 5.10 Å². The molecule has 0 spiro atoms. The molecule has 1 saturated carbocycles. The lowest BCUT2D eigenvalue weighted by Crippen LogP contribution is -2.16. The third-order valence-electron chi connectivity index (χ3n) is 4.22. The van der Waals surface area contributed by atoms with Crippen molar-refractivity contribution in [1.82, 2.24) is 10.2 Å². The molecule has 1 fully saturated rings. The molecule has 1 aromatic heterocycles. The summed E-state index contributed by atoms with van der Waals surface area (Å²) in [4.78, 5) is 12.5. The molecule has 0 unspecified atom stereocenters. The Morgan fingerprint density at radius 3 is 2.83 bits per heavy atom. The van der Waals surface area contributed by atoms with E-state index in [4.69, 9.17) is 4.74 Å². The predicted octanol–water partition coefficient (Wildman–Crippen LogP) is 4.18. The number of nitrogens with zero attached hydrogens (tertiary/aromatic N) is 1. The summed E-state index contributed by atoms with van der Waals surface area (Å²) in [6.07, 6.45) is 5.73. The summed E-state index contributed by atoms with van der Waals surface area (Å²) in [5.74, 6) is 1.03. The fraction of sp³-hybridized carbons (Fsp3) is 0.474. The van der Waals surface area contributed by atoms with Crippen LogP contribution < -0.4 is 10.1 Å². The van der Waals surface area contributed by atoms with Crippen molar-refractivity contribution < 1.29 is 9.53 Å². The Morgan fingerprint density at radius 2 is 2.08 bits per heavy atom. The Hall–Kier alpha value is -2.30. The number of hydrogen-bond acceptors (Lipinski definition) is 3. The molecule has 2 N–H and O–H groups in total. The zero-order valence-corrected chi connectivity index (χ0v) is 14.3. The van der Waals surface area contributed by atoms with Gasteiger partial charge in [-0.05, 0) is 56.2 Å². The number of carbonyl (C=O) groups is 1. The Labute approximate surface area is 142 Å². The summed E-state index contributed by atoms with van der Waals surface area (Å²) < 4.78 is 6.06. The fourth-order valence-corrected chi connectivity index (χ4v) is 3.07. The average molecular weight is 327 g/mol. The van der Waals surface area contributed by atoms with Gasteiger partial charge in [-0.15, -0.1) is 0 Å². The summed E-state index contributed by atoms with van der Waals surface area (Å²) in [5.41, 5.74) is 2.08. The predicted molar refractivity (Wildman–Crippen MR) is 94.4 cm³/mol. The third-order valence-corrected chi connectivity index (χ3v) is 4.22. The summed E-state index contributed by atoms with van der Waals surface area (Å²) in [7, 11) is 0. The van der Waals surface area contributed by atoms with Crippen LogP contribution in [0.2, 0.25) is 0 Å². The highest BCUT2D eigenvalue weighted by Gasteiger charge is 2.19. The number of rotatable bonds is 6. The van der Waals surface area contributed by atoms with Crippen LogP contribution in [-0.4, -0.2) is 22.2 Å².